The van der Waals surface area contributed by atoms with E-state index in [1.54, 1.807) is 12.2 Å². The number of hydrogen-bond acceptors (Lipinski definition) is 2. The summed E-state index contributed by atoms with van der Waals surface area (Å²) in [5, 5.41) is 2.87. The SMILES string of the molecule is CCCCOc1ccc(C=CC(=O)Nc2ccc(C(C)C)cc2)cc1. The predicted molar refractivity (Wildman–Crippen MR) is 105 cm³/mol. The van der Waals surface area contributed by atoms with Gasteiger partial charge in [0, 0.05) is 11.8 Å². The molecule has 132 valence electrons. The van der Waals surface area contributed by atoms with Crippen molar-refractivity contribution >= 4 is 17.7 Å². The highest BCUT2D eigenvalue weighted by Gasteiger charge is 2.01. The Morgan fingerprint density at radius 3 is 2.36 bits per heavy atom. The van der Waals surface area contributed by atoms with Crippen molar-refractivity contribution in [2.75, 3.05) is 11.9 Å². The van der Waals surface area contributed by atoms with Gasteiger partial charge in [-0.1, -0.05) is 51.5 Å². The molecule has 0 bridgehead atoms. The van der Waals surface area contributed by atoms with Crippen molar-refractivity contribution in [1.82, 2.24) is 0 Å². The summed E-state index contributed by atoms with van der Waals surface area (Å²) >= 11 is 0. The Morgan fingerprint density at radius 2 is 1.76 bits per heavy atom. The average molecular weight is 337 g/mol. The van der Waals surface area contributed by atoms with E-state index in [2.05, 4.69) is 26.1 Å². The minimum absolute atomic E-state index is 0.138. The molecule has 0 fully saturated rings. The van der Waals surface area contributed by atoms with Gasteiger partial charge in [0.25, 0.3) is 0 Å². The van der Waals surface area contributed by atoms with Crippen LogP contribution in [-0.2, 0) is 4.79 Å². The van der Waals surface area contributed by atoms with Gasteiger partial charge >= 0.3 is 0 Å². The molecule has 0 aliphatic carbocycles. The van der Waals surface area contributed by atoms with E-state index in [0.717, 1.165) is 36.4 Å². The van der Waals surface area contributed by atoms with Crippen LogP contribution >= 0.6 is 0 Å². The minimum atomic E-state index is -0.138. The number of nitrogens with one attached hydrogen (secondary N) is 1. The fourth-order valence-corrected chi connectivity index (χ4v) is 2.32. The number of benzene rings is 2. The number of hydrogen-bond donors (Lipinski definition) is 1. The Balaban J connectivity index is 1.86. The average Bonchev–Trinajstić information content (AvgIpc) is 2.62. The van der Waals surface area contributed by atoms with Crippen LogP contribution in [-0.4, -0.2) is 12.5 Å². The van der Waals surface area contributed by atoms with Crippen molar-refractivity contribution in [2.45, 2.75) is 39.5 Å². The molecule has 1 N–H and O–H groups in total. The molecule has 0 saturated heterocycles. The lowest BCUT2D eigenvalue weighted by molar-refractivity contribution is -0.111. The highest BCUT2D eigenvalue weighted by molar-refractivity contribution is 6.01. The Hall–Kier alpha value is -2.55. The van der Waals surface area contributed by atoms with Crippen LogP contribution in [0.3, 0.4) is 0 Å². The van der Waals surface area contributed by atoms with Crippen molar-refractivity contribution in [3.63, 3.8) is 0 Å². The second-order valence-electron chi connectivity index (χ2n) is 6.37. The number of carbonyl (C=O) groups is 1. The summed E-state index contributed by atoms with van der Waals surface area (Å²) in [7, 11) is 0. The highest BCUT2D eigenvalue weighted by atomic mass is 16.5. The Morgan fingerprint density at radius 1 is 1.08 bits per heavy atom. The third kappa shape index (κ3) is 6.46. The molecule has 25 heavy (non-hydrogen) atoms. The lowest BCUT2D eigenvalue weighted by Crippen LogP contribution is -2.07. The summed E-state index contributed by atoms with van der Waals surface area (Å²) in [6.45, 7) is 7.18. The Bertz CT molecular complexity index is 685. The number of rotatable bonds is 8. The van der Waals surface area contributed by atoms with Gasteiger partial charge in [-0.05, 0) is 53.8 Å². The summed E-state index contributed by atoms with van der Waals surface area (Å²) in [6.07, 6.45) is 5.52. The van der Waals surface area contributed by atoms with Crippen molar-refractivity contribution in [1.29, 1.82) is 0 Å². The summed E-state index contributed by atoms with van der Waals surface area (Å²) in [6, 6.07) is 15.7. The minimum Gasteiger partial charge on any atom is -0.494 e. The number of unbranched alkanes of at least 4 members (excludes halogenated alkanes) is 1. The standard InChI is InChI=1S/C22H27NO2/c1-4-5-16-25-21-13-6-18(7-14-21)8-15-22(24)23-20-11-9-19(10-12-20)17(2)3/h6-15,17H,4-5,16H2,1-3H3,(H,23,24). The lowest BCUT2D eigenvalue weighted by Gasteiger charge is -2.07. The number of carbonyl (C=O) groups excluding carboxylic acids is 1. The molecular weight excluding hydrogens is 310 g/mol. The van der Waals surface area contributed by atoms with Crippen LogP contribution in [0, 0.1) is 0 Å². The molecule has 0 aliphatic rings. The second-order valence-corrected chi connectivity index (χ2v) is 6.37. The first kappa shape index (κ1) is 18.8. The molecule has 0 heterocycles. The van der Waals surface area contributed by atoms with Gasteiger partial charge in [-0.15, -0.1) is 0 Å². The van der Waals surface area contributed by atoms with E-state index in [0.29, 0.717) is 5.92 Å². The van der Waals surface area contributed by atoms with Crippen LogP contribution in [0.4, 0.5) is 5.69 Å². The van der Waals surface area contributed by atoms with Gasteiger partial charge in [-0.2, -0.15) is 0 Å². The van der Waals surface area contributed by atoms with E-state index in [9.17, 15) is 4.79 Å². The quantitative estimate of drug-likeness (QED) is 0.500. The van der Waals surface area contributed by atoms with Gasteiger partial charge in [0.15, 0.2) is 0 Å². The third-order valence-corrected chi connectivity index (χ3v) is 3.92. The second kappa shape index (κ2) is 9.67. The molecule has 0 spiro atoms. The molecule has 3 nitrogen and oxygen atoms in total. The maximum absolute atomic E-state index is 12.0. The van der Waals surface area contributed by atoms with Crippen LogP contribution in [0.1, 0.15) is 50.7 Å². The fraction of sp³-hybridized carbons (Fsp3) is 0.318. The summed E-state index contributed by atoms with van der Waals surface area (Å²) in [5.74, 6) is 1.21. The predicted octanol–water partition coefficient (Wildman–Crippen LogP) is 5.64. The molecule has 3 heteroatoms. The van der Waals surface area contributed by atoms with Crippen molar-refractivity contribution in [3.05, 3.63) is 65.7 Å². The zero-order valence-electron chi connectivity index (χ0n) is 15.3. The first-order valence-corrected chi connectivity index (χ1v) is 8.90. The zero-order valence-corrected chi connectivity index (χ0v) is 15.3. The molecule has 0 radical (unpaired) electrons. The van der Waals surface area contributed by atoms with E-state index >= 15 is 0 Å². The van der Waals surface area contributed by atoms with E-state index in [4.69, 9.17) is 4.74 Å². The van der Waals surface area contributed by atoms with Crippen LogP contribution in [0.25, 0.3) is 6.08 Å². The van der Waals surface area contributed by atoms with Gasteiger partial charge in [0.05, 0.1) is 6.61 Å². The molecule has 0 aromatic heterocycles. The normalized spacial score (nSPS) is 11.0. The van der Waals surface area contributed by atoms with E-state index in [1.807, 2.05) is 48.5 Å². The van der Waals surface area contributed by atoms with Crippen molar-refractivity contribution < 1.29 is 9.53 Å². The highest BCUT2D eigenvalue weighted by Crippen LogP contribution is 2.17. The van der Waals surface area contributed by atoms with Crippen molar-refractivity contribution in [2.24, 2.45) is 0 Å². The number of ether oxygens (including phenoxy) is 1. The maximum atomic E-state index is 12.0. The molecule has 0 aliphatic heterocycles. The molecule has 2 aromatic rings. The van der Waals surface area contributed by atoms with Gasteiger partial charge in [-0.25, -0.2) is 0 Å². The maximum Gasteiger partial charge on any atom is 0.248 e. The molecule has 0 saturated carbocycles. The first-order chi connectivity index (χ1) is 12.1. The van der Waals surface area contributed by atoms with Crippen LogP contribution in [0.15, 0.2) is 54.6 Å². The molecule has 2 rings (SSSR count). The van der Waals surface area contributed by atoms with Gasteiger partial charge in [0.1, 0.15) is 5.75 Å². The third-order valence-electron chi connectivity index (χ3n) is 3.92. The van der Waals surface area contributed by atoms with E-state index in [1.165, 1.54) is 5.56 Å². The molecule has 0 atom stereocenters. The molecule has 0 unspecified atom stereocenters. The van der Waals surface area contributed by atoms with Gasteiger partial charge < -0.3 is 10.1 Å². The van der Waals surface area contributed by atoms with Crippen molar-refractivity contribution in [3.8, 4) is 5.75 Å². The molecular formula is C22H27NO2. The number of amides is 1. The smallest absolute Gasteiger partial charge is 0.248 e. The molecule has 2 aromatic carbocycles. The Kier molecular flexibility index (Phi) is 7.27. The van der Waals surface area contributed by atoms with E-state index in [-0.39, 0.29) is 5.91 Å². The van der Waals surface area contributed by atoms with Gasteiger partial charge in [-0.3, -0.25) is 4.79 Å². The zero-order chi connectivity index (χ0) is 18.1. The fourth-order valence-electron chi connectivity index (χ4n) is 2.32. The summed E-state index contributed by atoms with van der Waals surface area (Å²) in [5.41, 5.74) is 3.03. The largest absolute Gasteiger partial charge is 0.494 e. The topological polar surface area (TPSA) is 38.3 Å². The Labute approximate surface area is 150 Å². The number of anilines is 1. The van der Waals surface area contributed by atoms with Crippen LogP contribution in [0.5, 0.6) is 5.75 Å². The molecule has 1 amide bonds. The monoisotopic (exact) mass is 337 g/mol. The van der Waals surface area contributed by atoms with Crippen LogP contribution < -0.4 is 10.1 Å². The van der Waals surface area contributed by atoms with Crippen LogP contribution in [0.2, 0.25) is 0 Å². The summed E-state index contributed by atoms with van der Waals surface area (Å²) < 4.78 is 5.63. The van der Waals surface area contributed by atoms with E-state index < -0.39 is 0 Å². The lowest BCUT2D eigenvalue weighted by atomic mass is 10.0. The summed E-state index contributed by atoms with van der Waals surface area (Å²) in [4.78, 5) is 12.0. The first-order valence-electron chi connectivity index (χ1n) is 8.90. The van der Waals surface area contributed by atoms with Gasteiger partial charge in [0.2, 0.25) is 5.91 Å².